The molecule has 0 saturated heterocycles. The van der Waals surface area contributed by atoms with Gasteiger partial charge in [-0.3, -0.25) is 14.8 Å². The Bertz CT molecular complexity index is 896. The van der Waals surface area contributed by atoms with Crippen LogP contribution < -0.4 is 10.1 Å². The Labute approximate surface area is 151 Å². The van der Waals surface area contributed by atoms with Gasteiger partial charge >= 0.3 is 6.01 Å². The highest BCUT2D eigenvalue weighted by Crippen LogP contribution is 2.23. The van der Waals surface area contributed by atoms with E-state index < -0.39 is 0 Å². The molecule has 0 saturated carbocycles. The van der Waals surface area contributed by atoms with Gasteiger partial charge in [0.1, 0.15) is 11.4 Å². The first kappa shape index (κ1) is 17.7. The van der Waals surface area contributed by atoms with Crippen LogP contribution in [0.25, 0.3) is 11.5 Å². The van der Waals surface area contributed by atoms with Crippen LogP contribution in [0, 0.1) is 6.92 Å². The van der Waals surface area contributed by atoms with Gasteiger partial charge < -0.3 is 9.15 Å². The molecule has 0 aliphatic rings. The zero-order valence-corrected chi connectivity index (χ0v) is 15.2. The summed E-state index contributed by atoms with van der Waals surface area (Å²) in [6.45, 7) is 8.28. The molecule has 8 heteroatoms. The average molecular weight is 355 g/mol. The third kappa shape index (κ3) is 3.74. The van der Waals surface area contributed by atoms with E-state index in [9.17, 15) is 4.79 Å². The molecule has 26 heavy (non-hydrogen) atoms. The van der Waals surface area contributed by atoms with E-state index in [0.717, 1.165) is 17.0 Å². The lowest BCUT2D eigenvalue weighted by Gasteiger charge is -2.09. The van der Waals surface area contributed by atoms with Gasteiger partial charge in [-0.25, -0.2) is 0 Å². The summed E-state index contributed by atoms with van der Waals surface area (Å²) < 4.78 is 12.6. The van der Waals surface area contributed by atoms with Crippen LogP contribution in [0.15, 0.2) is 34.7 Å². The summed E-state index contributed by atoms with van der Waals surface area (Å²) in [6.07, 6.45) is 0. The minimum Gasteiger partial charge on any atom is -0.494 e. The summed E-state index contributed by atoms with van der Waals surface area (Å²) in [5.74, 6) is 0.736. The standard InChI is InChI=1S/C18H21N5O3/c1-5-25-14-8-6-13(7-9-14)17-20-21-18(26-17)19-16(24)15-10-12(4)22-23(15)11(2)3/h6-11H,5H2,1-4H3,(H,19,21,24). The van der Waals surface area contributed by atoms with Crippen LogP contribution in [0.2, 0.25) is 0 Å². The predicted molar refractivity (Wildman–Crippen MR) is 96.2 cm³/mol. The monoisotopic (exact) mass is 355 g/mol. The average Bonchev–Trinajstić information content (AvgIpc) is 3.22. The lowest BCUT2D eigenvalue weighted by Crippen LogP contribution is -2.19. The first-order chi connectivity index (χ1) is 12.5. The number of rotatable bonds is 6. The number of carbonyl (C=O) groups is 1. The maximum absolute atomic E-state index is 12.5. The van der Waals surface area contributed by atoms with Crippen molar-refractivity contribution >= 4 is 11.9 Å². The van der Waals surface area contributed by atoms with E-state index in [-0.39, 0.29) is 18.0 Å². The second-order valence-corrected chi connectivity index (χ2v) is 6.03. The molecule has 0 unspecified atom stereocenters. The van der Waals surface area contributed by atoms with Crippen molar-refractivity contribution in [1.82, 2.24) is 20.0 Å². The minimum atomic E-state index is -0.346. The number of hydrogen-bond donors (Lipinski definition) is 1. The summed E-state index contributed by atoms with van der Waals surface area (Å²) in [5.41, 5.74) is 1.95. The van der Waals surface area contributed by atoms with E-state index in [2.05, 4.69) is 20.6 Å². The molecule has 1 amide bonds. The van der Waals surface area contributed by atoms with Crippen LogP contribution in [0.5, 0.6) is 5.75 Å². The normalized spacial score (nSPS) is 11.0. The molecule has 0 atom stereocenters. The van der Waals surface area contributed by atoms with Gasteiger partial charge in [0.05, 0.1) is 12.3 Å². The van der Waals surface area contributed by atoms with Gasteiger partial charge in [-0.15, -0.1) is 5.10 Å². The molecule has 0 radical (unpaired) electrons. The first-order valence-corrected chi connectivity index (χ1v) is 8.42. The molecule has 0 fully saturated rings. The molecule has 0 spiro atoms. The first-order valence-electron chi connectivity index (χ1n) is 8.42. The van der Waals surface area contributed by atoms with Crippen molar-refractivity contribution in [2.75, 3.05) is 11.9 Å². The number of anilines is 1. The Morgan fingerprint density at radius 1 is 1.27 bits per heavy atom. The largest absolute Gasteiger partial charge is 0.494 e. The number of amides is 1. The number of ether oxygens (including phenoxy) is 1. The summed E-state index contributed by atoms with van der Waals surface area (Å²) >= 11 is 0. The van der Waals surface area contributed by atoms with Gasteiger partial charge in [0.2, 0.25) is 5.89 Å². The Hall–Kier alpha value is -3.16. The van der Waals surface area contributed by atoms with Crippen molar-refractivity contribution in [3.63, 3.8) is 0 Å². The molecule has 1 N–H and O–H groups in total. The van der Waals surface area contributed by atoms with Crippen molar-refractivity contribution in [2.24, 2.45) is 0 Å². The van der Waals surface area contributed by atoms with E-state index in [4.69, 9.17) is 9.15 Å². The number of benzene rings is 1. The van der Waals surface area contributed by atoms with Crippen LogP contribution in [0.1, 0.15) is 43.0 Å². The van der Waals surface area contributed by atoms with Crippen molar-refractivity contribution in [3.05, 3.63) is 41.7 Å². The number of nitrogens with one attached hydrogen (secondary N) is 1. The van der Waals surface area contributed by atoms with Crippen LogP contribution in [0.4, 0.5) is 6.01 Å². The highest BCUT2D eigenvalue weighted by Gasteiger charge is 2.18. The van der Waals surface area contributed by atoms with E-state index >= 15 is 0 Å². The van der Waals surface area contributed by atoms with Crippen molar-refractivity contribution in [3.8, 4) is 17.2 Å². The molecule has 136 valence electrons. The molecule has 0 bridgehead atoms. The maximum atomic E-state index is 12.5. The van der Waals surface area contributed by atoms with Crippen LogP contribution >= 0.6 is 0 Å². The number of carbonyl (C=O) groups excluding carboxylic acids is 1. The van der Waals surface area contributed by atoms with Crippen LogP contribution in [-0.2, 0) is 0 Å². The highest BCUT2D eigenvalue weighted by atomic mass is 16.5. The molecule has 3 rings (SSSR count). The smallest absolute Gasteiger partial charge is 0.322 e. The van der Waals surface area contributed by atoms with E-state index in [1.54, 1.807) is 10.7 Å². The fourth-order valence-corrected chi connectivity index (χ4v) is 2.49. The highest BCUT2D eigenvalue weighted by molar-refractivity contribution is 6.02. The number of nitrogens with zero attached hydrogens (tertiary/aromatic N) is 4. The Morgan fingerprint density at radius 3 is 2.65 bits per heavy atom. The predicted octanol–water partition coefficient (Wildman–Crippen LogP) is 3.47. The Balaban J connectivity index is 1.75. The topological polar surface area (TPSA) is 95.1 Å². The number of hydrogen-bond acceptors (Lipinski definition) is 6. The molecule has 1 aromatic carbocycles. The van der Waals surface area contributed by atoms with Crippen molar-refractivity contribution in [2.45, 2.75) is 33.7 Å². The van der Waals surface area contributed by atoms with Gasteiger partial charge in [0.25, 0.3) is 5.91 Å². The summed E-state index contributed by atoms with van der Waals surface area (Å²) in [5, 5.41) is 14.8. The van der Waals surface area contributed by atoms with Gasteiger partial charge in [0.15, 0.2) is 0 Å². The summed E-state index contributed by atoms with van der Waals surface area (Å²) in [7, 11) is 0. The fourth-order valence-electron chi connectivity index (χ4n) is 2.49. The molecule has 2 aromatic heterocycles. The quantitative estimate of drug-likeness (QED) is 0.727. The fraction of sp³-hybridized carbons (Fsp3) is 0.333. The molecule has 8 nitrogen and oxygen atoms in total. The second kappa shape index (κ2) is 7.38. The number of aromatic nitrogens is 4. The van der Waals surface area contributed by atoms with Gasteiger partial charge in [-0.2, -0.15) is 5.10 Å². The molecule has 0 aliphatic carbocycles. The molecular weight excluding hydrogens is 334 g/mol. The zero-order valence-electron chi connectivity index (χ0n) is 15.2. The maximum Gasteiger partial charge on any atom is 0.322 e. The third-order valence-electron chi connectivity index (χ3n) is 3.64. The number of aryl methyl sites for hydroxylation is 1. The summed E-state index contributed by atoms with van der Waals surface area (Å²) in [4.78, 5) is 12.5. The van der Waals surface area contributed by atoms with Crippen LogP contribution in [0.3, 0.4) is 0 Å². The second-order valence-electron chi connectivity index (χ2n) is 6.03. The lowest BCUT2D eigenvalue weighted by molar-refractivity contribution is 0.101. The molecule has 0 aliphatic heterocycles. The summed E-state index contributed by atoms with van der Waals surface area (Å²) in [6, 6.07) is 9.11. The van der Waals surface area contributed by atoms with Gasteiger partial charge in [0, 0.05) is 11.6 Å². The van der Waals surface area contributed by atoms with Crippen molar-refractivity contribution in [1.29, 1.82) is 0 Å². The van der Waals surface area contributed by atoms with Gasteiger partial charge in [-0.05, 0) is 58.0 Å². The molecule has 3 aromatic rings. The van der Waals surface area contributed by atoms with Gasteiger partial charge in [-0.1, -0.05) is 5.10 Å². The SMILES string of the molecule is CCOc1ccc(-c2nnc(NC(=O)c3cc(C)nn3C(C)C)o2)cc1. The zero-order chi connectivity index (χ0) is 18.7. The van der Waals surface area contributed by atoms with E-state index in [1.807, 2.05) is 52.0 Å². The minimum absolute atomic E-state index is 0.0352. The van der Waals surface area contributed by atoms with E-state index in [0.29, 0.717) is 18.2 Å². The van der Waals surface area contributed by atoms with Crippen LogP contribution in [-0.4, -0.2) is 32.5 Å². The van der Waals surface area contributed by atoms with E-state index in [1.165, 1.54) is 0 Å². The molecule has 2 heterocycles. The lowest BCUT2D eigenvalue weighted by atomic mass is 10.2. The Morgan fingerprint density at radius 2 is 2.00 bits per heavy atom. The Kier molecular flexibility index (Phi) is 5.01. The third-order valence-corrected chi connectivity index (χ3v) is 3.64. The van der Waals surface area contributed by atoms with Crippen molar-refractivity contribution < 1.29 is 13.9 Å². The molecular formula is C18H21N5O3.